The van der Waals surface area contributed by atoms with E-state index in [1.807, 2.05) is 0 Å². The van der Waals surface area contributed by atoms with E-state index in [0.29, 0.717) is 6.04 Å². The van der Waals surface area contributed by atoms with Crippen LogP contribution in [0.1, 0.15) is 27.2 Å². The Morgan fingerprint density at radius 1 is 1.47 bits per heavy atom. The number of guanidine groups is 1. The molecule has 4 nitrogen and oxygen atoms in total. The average Bonchev–Trinajstić information content (AvgIpc) is 2.73. The molecule has 0 amide bonds. The molecule has 2 aliphatic heterocycles. The number of hydrogen-bond acceptors (Lipinski definition) is 4. The van der Waals surface area contributed by atoms with Crippen molar-refractivity contribution in [3.05, 3.63) is 0 Å². The van der Waals surface area contributed by atoms with Crippen molar-refractivity contribution in [3.63, 3.8) is 0 Å². The second kappa shape index (κ2) is 4.00. The van der Waals surface area contributed by atoms with E-state index in [2.05, 4.69) is 41.3 Å². The highest BCUT2D eigenvalue weighted by molar-refractivity contribution is 5.82. The van der Waals surface area contributed by atoms with Crippen LogP contribution >= 0.6 is 0 Å². The molecule has 1 fully saturated rings. The number of nitrogens with one attached hydrogen (secondary N) is 2. The summed E-state index contributed by atoms with van der Waals surface area (Å²) < 4.78 is 0. The fraction of sp³-hybridized carbons (Fsp3) is 0.909. The maximum absolute atomic E-state index is 4.55. The van der Waals surface area contributed by atoms with E-state index in [4.69, 9.17) is 0 Å². The van der Waals surface area contributed by atoms with Gasteiger partial charge in [0.05, 0.1) is 6.54 Å². The maximum atomic E-state index is 4.55. The lowest BCUT2D eigenvalue weighted by molar-refractivity contribution is 0.248. The Labute approximate surface area is 92.1 Å². The number of nitrogens with zero attached hydrogens (tertiary/aromatic N) is 2. The molecule has 0 aromatic rings. The Morgan fingerprint density at radius 2 is 2.27 bits per heavy atom. The average molecular weight is 210 g/mol. The number of aliphatic imine (C=N–C) groups is 1. The first-order valence-electron chi connectivity index (χ1n) is 5.87. The smallest absolute Gasteiger partial charge is 0.194 e. The summed E-state index contributed by atoms with van der Waals surface area (Å²) in [6.45, 7) is 10.9. The summed E-state index contributed by atoms with van der Waals surface area (Å²) in [5, 5.41) is 6.91. The van der Waals surface area contributed by atoms with Crippen molar-refractivity contribution >= 4 is 5.96 Å². The summed E-state index contributed by atoms with van der Waals surface area (Å²) in [4.78, 5) is 6.92. The fourth-order valence-corrected chi connectivity index (χ4v) is 2.18. The van der Waals surface area contributed by atoms with Crippen LogP contribution in [-0.4, -0.2) is 48.6 Å². The molecule has 4 heteroatoms. The second-order valence-electron chi connectivity index (χ2n) is 5.36. The van der Waals surface area contributed by atoms with Crippen molar-refractivity contribution in [2.24, 2.45) is 4.99 Å². The SMILES string of the molecule is CC(C)(C)N1CCN=C1NC1CCNC1. The fourth-order valence-electron chi connectivity index (χ4n) is 2.18. The zero-order valence-corrected chi connectivity index (χ0v) is 10.0. The molecule has 0 aromatic heterocycles. The first-order chi connectivity index (χ1) is 7.07. The van der Waals surface area contributed by atoms with Crippen LogP contribution in [0, 0.1) is 0 Å². The largest absolute Gasteiger partial charge is 0.352 e. The Kier molecular flexibility index (Phi) is 2.87. The van der Waals surface area contributed by atoms with Crippen molar-refractivity contribution in [2.75, 3.05) is 26.2 Å². The van der Waals surface area contributed by atoms with Crippen LogP contribution < -0.4 is 10.6 Å². The van der Waals surface area contributed by atoms with E-state index >= 15 is 0 Å². The summed E-state index contributed by atoms with van der Waals surface area (Å²) >= 11 is 0. The van der Waals surface area contributed by atoms with Crippen molar-refractivity contribution in [3.8, 4) is 0 Å². The molecule has 2 N–H and O–H groups in total. The van der Waals surface area contributed by atoms with Gasteiger partial charge in [0.2, 0.25) is 0 Å². The predicted octanol–water partition coefficient (Wildman–Crippen LogP) is 0.408. The molecule has 2 rings (SSSR count). The molecule has 0 saturated carbocycles. The van der Waals surface area contributed by atoms with Crippen LogP contribution in [0.25, 0.3) is 0 Å². The van der Waals surface area contributed by atoms with Crippen LogP contribution in [0.5, 0.6) is 0 Å². The highest BCUT2D eigenvalue weighted by Gasteiger charge is 2.29. The second-order valence-corrected chi connectivity index (χ2v) is 5.36. The number of hydrogen-bond donors (Lipinski definition) is 2. The lowest BCUT2D eigenvalue weighted by atomic mass is 10.1. The molecule has 0 bridgehead atoms. The Hall–Kier alpha value is -0.770. The maximum Gasteiger partial charge on any atom is 0.194 e. The number of rotatable bonds is 1. The van der Waals surface area contributed by atoms with Gasteiger partial charge in [-0.25, -0.2) is 0 Å². The van der Waals surface area contributed by atoms with E-state index in [1.54, 1.807) is 0 Å². The minimum absolute atomic E-state index is 0.175. The van der Waals surface area contributed by atoms with Gasteiger partial charge in [0.25, 0.3) is 0 Å². The first-order valence-corrected chi connectivity index (χ1v) is 5.87. The highest BCUT2D eigenvalue weighted by Crippen LogP contribution is 2.17. The molecule has 1 atom stereocenters. The van der Waals surface area contributed by atoms with Gasteiger partial charge >= 0.3 is 0 Å². The standard InChI is InChI=1S/C11H22N4/c1-11(2,3)15-7-6-13-10(15)14-9-4-5-12-8-9/h9,12H,4-8H2,1-3H3,(H,13,14). The summed E-state index contributed by atoms with van der Waals surface area (Å²) in [7, 11) is 0. The highest BCUT2D eigenvalue weighted by atomic mass is 15.4. The Morgan fingerprint density at radius 3 is 2.87 bits per heavy atom. The lowest BCUT2D eigenvalue weighted by Crippen LogP contribution is -2.51. The molecule has 0 aromatic carbocycles. The normalized spacial score (nSPS) is 27.0. The molecule has 2 heterocycles. The summed E-state index contributed by atoms with van der Waals surface area (Å²) in [6, 6.07) is 0.562. The molecule has 0 radical (unpaired) electrons. The van der Waals surface area contributed by atoms with Gasteiger partial charge in [-0.2, -0.15) is 0 Å². The van der Waals surface area contributed by atoms with Crippen LogP contribution in [-0.2, 0) is 0 Å². The molecule has 0 aliphatic carbocycles. The molecule has 0 spiro atoms. The third-order valence-electron chi connectivity index (χ3n) is 3.04. The van der Waals surface area contributed by atoms with E-state index < -0.39 is 0 Å². The molecular weight excluding hydrogens is 188 g/mol. The summed E-state index contributed by atoms with van der Waals surface area (Å²) in [6.07, 6.45) is 1.21. The van der Waals surface area contributed by atoms with E-state index in [1.165, 1.54) is 6.42 Å². The third-order valence-corrected chi connectivity index (χ3v) is 3.04. The van der Waals surface area contributed by atoms with Gasteiger partial charge in [0.15, 0.2) is 5.96 Å². The van der Waals surface area contributed by atoms with E-state index in [9.17, 15) is 0 Å². The molecular formula is C11H22N4. The molecule has 2 aliphatic rings. The van der Waals surface area contributed by atoms with Crippen LogP contribution in [0.2, 0.25) is 0 Å². The lowest BCUT2D eigenvalue weighted by Gasteiger charge is -2.35. The van der Waals surface area contributed by atoms with Gasteiger partial charge in [-0.15, -0.1) is 0 Å². The molecule has 1 saturated heterocycles. The zero-order chi connectivity index (χ0) is 10.9. The van der Waals surface area contributed by atoms with Gasteiger partial charge in [-0.05, 0) is 33.7 Å². The van der Waals surface area contributed by atoms with Crippen molar-refractivity contribution < 1.29 is 0 Å². The molecule has 1 unspecified atom stereocenters. The van der Waals surface area contributed by atoms with Gasteiger partial charge < -0.3 is 15.5 Å². The summed E-state index contributed by atoms with van der Waals surface area (Å²) in [5.74, 6) is 1.09. The minimum Gasteiger partial charge on any atom is -0.352 e. The van der Waals surface area contributed by atoms with Crippen molar-refractivity contribution in [1.29, 1.82) is 0 Å². The van der Waals surface area contributed by atoms with Gasteiger partial charge in [-0.1, -0.05) is 0 Å². The molecule has 86 valence electrons. The van der Waals surface area contributed by atoms with Crippen LogP contribution in [0.15, 0.2) is 4.99 Å². The van der Waals surface area contributed by atoms with Gasteiger partial charge in [0, 0.05) is 24.7 Å². The molecule has 15 heavy (non-hydrogen) atoms. The van der Waals surface area contributed by atoms with Gasteiger partial charge in [0.1, 0.15) is 0 Å². The Bertz CT molecular complexity index is 248. The van der Waals surface area contributed by atoms with Crippen molar-refractivity contribution in [2.45, 2.75) is 38.8 Å². The predicted molar refractivity (Wildman–Crippen MR) is 63.2 cm³/mol. The van der Waals surface area contributed by atoms with Crippen LogP contribution in [0.3, 0.4) is 0 Å². The van der Waals surface area contributed by atoms with Crippen LogP contribution in [0.4, 0.5) is 0 Å². The topological polar surface area (TPSA) is 39.7 Å². The quantitative estimate of drug-likeness (QED) is 0.658. The first kappa shape index (κ1) is 10.7. The third kappa shape index (κ3) is 2.43. The van der Waals surface area contributed by atoms with E-state index in [0.717, 1.165) is 32.1 Å². The van der Waals surface area contributed by atoms with Gasteiger partial charge in [-0.3, -0.25) is 4.99 Å². The summed E-state index contributed by atoms with van der Waals surface area (Å²) in [5.41, 5.74) is 0.175. The monoisotopic (exact) mass is 210 g/mol. The zero-order valence-electron chi connectivity index (χ0n) is 10.0. The Balaban J connectivity index is 1.95. The van der Waals surface area contributed by atoms with Crippen molar-refractivity contribution in [1.82, 2.24) is 15.5 Å². The minimum atomic E-state index is 0.175. The van der Waals surface area contributed by atoms with E-state index in [-0.39, 0.29) is 5.54 Å².